The Balaban J connectivity index is 1.06. The minimum atomic E-state index is -0.471. The van der Waals surface area contributed by atoms with Crippen LogP contribution in [0.1, 0.15) is 43.1 Å². The van der Waals surface area contributed by atoms with Gasteiger partial charge in [-0.2, -0.15) is 0 Å². The molecular weight excluding hydrogens is 793 g/mol. The fourth-order valence-corrected chi connectivity index (χ4v) is 10.0. The summed E-state index contributed by atoms with van der Waals surface area (Å²) in [5.41, 5.74) is 3.27. The van der Waals surface area contributed by atoms with Crippen molar-refractivity contribution in [3.8, 4) is 0 Å². The summed E-state index contributed by atoms with van der Waals surface area (Å²) in [6.45, 7) is 7.12. The summed E-state index contributed by atoms with van der Waals surface area (Å²) in [5.74, 6) is -0.389. The van der Waals surface area contributed by atoms with Crippen molar-refractivity contribution in [2.75, 3.05) is 58.9 Å². The van der Waals surface area contributed by atoms with E-state index >= 15 is 4.79 Å². The summed E-state index contributed by atoms with van der Waals surface area (Å²) in [5, 5.41) is 0. The first-order chi connectivity index (χ1) is 29.9. The molecule has 2 aliphatic heterocycles. The molecule has 0 aliphatic carbocycles. The lowest BCUT2D eigenvalue weighted by Crippen LogP contribution is -2.57. The highest BCUT2D eigenvalue weighted by Gasteiger charge is 2.38. The van der Waals surface area contributed by atoms with Crippen molar-refractivity contribution in [2.24, 2.45) is 5.92 Å². The number of carbonyl (C=O) groups excluding carboxylic acids is 3. The van der Waals surface area contributed by atoms with E-state index < -0.39 is 5.92 Å². The monoisotopic (exact) mass is 844 g/mol. The van der Waals surface area contributed by atoms with Crippen LogP contribution >= 0.6 is 23.5 Å². The molecule has 6 aromatic carbocycles. The zero-order valence-corrected chi connectivity index (χ0v) is 36.1. The largest absolute Gasteiger partial charge is 0.336 e. The Morgan fingerprint density at radius 1 is 0.459 bits per heavy atom. The predicted molar refractivity (Wildman–Crippen MR) is 247 cm³/mol. The molecule has 2 fully saturated rings. The Morgan fingerprint density at radius 3 is 1.46 bits per heavy atom. The second kappa shape index (κ2) is 21.0. The Bertz CT molecular complexity index is 2320. The summed E-state index contributed by atoms with van der Waals surface area (Å²) in [7, 11) is 0. The molecule has 0 bridgehead atoms. The van der Waals surface area contributed by atoms with Crippen molar-refractivity contribution >= 4 is 41.0 Å². The van der Waals surface area contributed by atoms with Crippen LogP contribution in [0.4, 0.5) is 0 Å². The van der Waals surface area contributed by atoms with Gasteiger partial charge in [0, 0.05) is 114 Å². The van der Waals surface area contributed by atoms with Crippen LogP contribution in [0.25, 0.3) is 0 Å². The third-order valence-corrected chi connectivity index (χ3v) is 13.8. The van der Waals surface area contributed by atoms with E-state index in [4.69, 9.17) is 0 Å². The number of hydrogen-bond donors (Lipinski definition) is 0. The van der Waals surface area contributed by atoms with Crippen LogP contribution in [0, 0.1) is 5.92 Å². The second-order valence-corrected chi connectivity index (χ2v) is 18.1. The quantitative estimate of drug-likeness (QED) is 0.0894. The number of carbonyl (C=O) groups is 3. The molecule has 2 unspecified atom stereocenters. The van der Waals surface area contributed by atoms with Gasteiger partial charge < -0.3 is 9.80 Å². The average Bonchev–Trinajstić information content (AvgIpc) is 3.32. The van der Waals surface area contributed by atoms with Gasteiger partial charge in [-0.25, -0.2) is 0 Å². The Morgan fingerprint density at radius 2 is 0.918 bits per heavy atom. The summed E-state index contributed by atoms with van der Waals surface area (Å²) in [4.78, 5) is 56.7. The standard InChI is InChI=1S/C52H52N4O3S2/c57-50(41-21-25-46(26-22-41)60-44-17-9-3-10-18-44)37-49(55-33-35-56(36-34-55)52(59)43-15-7-2-8-16-43)48(39-54-31-29-53(30-32-54)38-40-13-5-1-6-14-40)51(58)42-23-27-47(28-24-42)61-45-19-11-4-12-20-45/h1-28,48-49H,29-39H2. The van der Waals surface area contributed by atoms with Crippen LogP contribution in [0.15, 0.2) is 189 Å². The number of rotatable bonds is 16. The third-order valence-electron chi connectivity index (χ3n) is 11.7. The van der Waals surface area contributed by atoms with Crippen molar-refractivity contribution < 1.29 is 14.4 Å². The lowest BCUT2D eigenvalue weighted by molar-refractivity contribution is 0.0331. The highest BCUT2D eigenvalue weighted by Crippen LogP contribution is 2.31. The first-order valence-electron chi connectivity index (χ1n) is 21.3. The SMILES string of the molecule is O=C(CC(C(CN1CCN(Cc2ccccc2)CC1)C(=O)c1ccc(Sc2ccccc2)cc1)N1CCN(C(=O)c2ccccc2)CC1)c1ccc(Sc2ccccc2)cc1. The predicted octanol–water partition coefficient (Wildman–Crippen LogP) is 9.71. The van der Waals surface area contributed by atoms with Gasteiger partial charge in [0.1, 0.15) is 0 Å². The minimum absolute atomic E-state index is 0.0100. The molecular formula is C52H52N4O3S2. The molecule has 2 heterocycles. The van der Waals surface area contributed by atoms with Crippen molar-refractivity contribution in [3.63, 3.8) is 0 Å². The van der Waals surface area contributed by atoms with Crippen LogP contribution in [0.5, 0.6) is 0 Å². The smallest absolute Gasteiger partial charge is 0.253 e. The van der Waals surface area contributed by atoms with Crippen molar-refractivity contribution in [1.82, 2.24) is 19.6 Å². The van der Waals surface area contributed by atoms with E-state index in [9.17, 15) is 9.59 Å². The molecule has 0 aromatic heterocycles. The molecule has 2 saturated heterocycles. The zero-order valence-electron chi connectivity index (χ0n) is 34.4. The minimum Gasteiger partial charge on any atom is -0.336 e. The van der Waals surface area contributed by atoms with Crippen LogP contribution < -0.4 is 0 Å². The first-order valence-corrected chi connectivity index (χ1v) is 22.9. The van der Waals surface area contributed by atoms with Gasteiger partial charge >= 0.3 is 0 Å². The van der Waals surface area contributed by atoms with E-state index in [0.29, 0.717) is 49.4 Å². The summed E-state index contributed by atoms with van der Waals surface area (Å²) in [6, 6.07) is 56.0. The summed E-state index contributed by atoms with van der Waals surface area (Å²) in [6.07, 6.45) is 0.199. The number of piperazine rings is 2. The highest BCUT2D eigenvalue weighted by molar-refractivity contribution is 7.99. The van der Waals surface area contributed by atoms with Crippen molar-refractivity contribution in [2.45, 2.75) is 38.6 Å². The normalized spacial score (nSPS) is 16.2. The maximum atomic E-state index is 15.1. The summed E-state index contributed by atoms with van der Waals surface area (Å²) < 4.78 is 0. The second-order valence-electron chi connectivity index (χ2n) is 15.8. The van der Waals surface area contributed by atoms with Gasteiger partial charge in [-0.1, -0.05) is 133 Å². The van der Waals surface area contributed by atoms with E-state index in [1.54, 1.807) is 23.5 Å². The van der Waals surface area contributed by atoms with Crippen LogP contribution in [-0.4, -0.2) is 102 Å². The summed E-state index contributed by atoms with van der Waals surface area (Å²) >= 11 is 3.34. The fourth-order valence-electron chi connectivity index (χ4n) is 8.34. The molecule has 9 heteroatoms. The maximum Gasteiger partial charge on any atom is 0.253 e. The number of hydrogen-bond acceptors (Lipinski definition) is 8. The van der Waals surface area contributed by atoms with E-state index in [1.807, 2.05) is 120 Å². The average molecular weight is 845 g/mol. The van der Waals surface area contributed by atoms with Crippen molar-refractivity contribution in [3.05, 3.63) is 192 Å². The molecule has 0 spiro atoms. The zero-order chi connectivity index (χ0) is 41.8. The lowest BCUT2D eigenvalue weighted by Gasteiger charge is -2.44. The molecule has 61 heavy (non-hydrogen) atoms. The molecule has 0 radical (unpaired) electrons. The van der Waals surface area contributed by atoms with Crippen molar-refractivity contribution in [1.29, 1.82) is 0 Å². The number of benzene rings is 6. The van der Waals surface area contributed by atoms with E-state index in [0.717, 1.165) is 52.3 Å². The van der Waals surface area contributed by atoms with Crippen LogP contribution in [0.3, 0.4) is 0 Å². The molecule has 7 nitrogen and oxygen atoms in total. The Labute approximate surface area is 368 Å². The molecule has 0 saturated carbocycles. The number of amides is 1. The molecule has 8 rings (SSSR count). The van der Waals surface area contributed by atoms with Gasteiger partial charge in [0.15, 0.2) is 11.6 Å². The van der Waals surface area contributed by atoms with Gasteiger partial charge in [0.05, 0.1) is 5.92 Å². The van der Waals surface area contributed by atoms with E-state index in [1.165, 1.54) is 5.56 Å². The van der Waals surface area contributed by atoms with Gasteiger partial charge in [0.2, 0.25) is 0 Å². The Kier molecular flexibility index (Phi) is 14.6. The fraction of sp³-hybridized carbons (Fsp3) is 0.250. The van der Waals surface area contributed by atoms with Crippen LogP contribution in [-0.2, 0) is 6.54 Å². The van der Waals surface area contributed by atoms with Crippen LogP contribution in [0.2, 0.25) is 0 Å². The number of nitrogens with zero attached hydrogens (tertiary/aromatic N) is 4. The first kappa shape index (κ1) is 42.4. The van der Waals surface area contributed by atoms with E-state index in [2.05, 4.69) is 69.3 Å². The van der Waals surface area contributed by atoms with Gasteiger partial charge in [-0.3, -0.25) is 24.2 Å². The molecule has 0 N–H and O–H groups in total. The third kappa shape index (κ3) is 11.6. The molecule has 2 atom stereocenters. The Hall–Kier alpha value is -5.29. The lowest BCUT2D eigenvalue weighted by atomic mass is 9.84. The van der Waals surface area contributed by atoms with Gasteiger partial charge in [-0.05, 0) is 66.2 Å². The number of Topliss-reactive ketones (excluding diaryl/α,β-unsaturated/α-hetero) is 2. The van der Waals surface area contributed by atoms with Gasteiger partial charge in [0.25, 0.3) is 5.91 Å². The molecule has 6 aromatic rings. The number of ketones is 2. The topological polar surface area (TPSA) is 64.2 Å². The molecule has 1 amide bonds. The highest BCUT2D eigenvalue weighted by atomic mass is 32.2. The molecule has 2 aliphatic rings. The maximum absolute atomic E-state index is 15.1. The van der Waals surface area contributed by atoms with E-state index in [-0.39, 0.29) is 29.9 Å². The van der Waals surface area contributed by atoms with Gasteiger partial charge in [-0.15, -0.1) is 0 Å². The molecule has 310 valence electrons.